The lowest BCUT2D eigenvalue weighted by Gasteiger charge is -2.29. The van der Waals surface area contributed by atoms with E-state index in [4.69, 9.17) is 0 Å². The van der Waals surface area contributed by atoms with Crippen molar-refractivity contribution in [1.82, 2.24) is 15.1 Å². The first-order valence-corrected chi connectivity index (χ1v) is 9.87. The molecule has 142 valence electrons. The van der Waals surface area contributed by atoms with Crippen LogP contribution in [0.3, 0.4) is 0 Å². The van der Waals surface area contributed by atoms with Gasteiger partial charge in [-0.15, -0.1) is 0 Å². The summed E-state index contributed by atoms with van der Waals surface area (Å²) in [5.41, 5.74) is 3.77. The number of carbonyl (C=O) groups is 1. The molecular weight excluding hydrogens is 404 g/mol. The molecule has 0 saturated heterocycles. The van der Waals surface area contributed by atoms with Gasteiger partial charge in [0.2, 0.25) is 5.91 Å². The zero-order chi connectivity index (χ0) is 19.2. The summed E-state index contributed by atoms with van der Waals surface area (Å²) in [6, 6.07) is 16.5. The van der Waals surface area contributed by atoms with Crippen molar-refractivity contribution in [2.75, 3.05) is 27.2 Å². The Kier molecular flexibility index (Phi) is 6.50. The lowest BCUT2D eigenvalue weighted by atomic mass is 10.00. The van der Waals surface area contributed by atoms with Crippen LogP contribution in [0.4, 0.5) is 0 Å². The summed E-state index contributed by atoms with van der Waals surface area (Å²) in [6.45, 7) is 2.42. The summed E-state index contributed by atoms with van der Waals surface area (Å²) in [4.78, 5) is 20.9. The number of rotatable bonds is 4. The van der Waals surface area contributed by atoms with Crippen molar-refractivity contribution in [2.24, 2.45) is 4.99 Å². The van der Waals surface area contributed by atoms with E-state index in [2.05, 4.69) is 56.6 Å². The van der Waals surface area contributed by atoms with Gasteiger partial charge in [-0.1, -0.05) is 52.3 Å². The molecule has 5 nitrogen and oxygen atoms in total. The Labute approximate surface area is 169 Å². The summed E-state index contributed by atoms with van der Waals surface area (Å²) < 4.78 is 1.06. The van der Waals surface area contributed by atoms with Crippen LogP contribution in [0.25, 0.3) is 0 Å². The second kappa shape index (κ2) is 9.04. The van der Waals surface area contributed by atoms with Gasteiger partial charge in [-0.2, -0.15) is 0 Å². The van der Waals surface area contributed by atoms with Gasteiger partial charge in [-0.3, -0.25) is 9.79 Å². The molecule has 0 unspecified atom stereocenters. The largest absolute Gasteiger partial charge is 0.347 e. The molecule has 6 heteroatoms. The number of fused-ring (bicyclic) bond motifs is 1. The molecule has 0 bridgehead atoms. The number of nitrogens with one attached hydrogen (secondary N) is 1. The summed E-state index contributed by atoms with van der Waals surface area (Å²) in [5, 5.41) is 3.20. The van der Waals surface area contributed by atoms with Gasteiger partial charge in [0, 0.05) is 38.2 Å². The molecular formula is C21H25BrN4O. The Balaban J connectivity index is 1.53. The molecule has 0 aliphatic carbocycles. The van der Waals surface area contributed by atoms with Crippen molar-refractivity contribution in [2.45, 2.75) is 19.5 Å². The predicted molar refractivity (Wildman–Crippen MR) is 113 cm³/mol. The van der Waals surface area contributed by atoms with E-state index in [9.17, 15) is 4.79 Å². The lowest BCUT2D eigenvalue weighted by Crippen LogP contribution is -2.46. The number of guanidine groups is 1. The lowest BCUT2D eigenvalue weighted by molar-refractivity contribution is -0.130. The smallest absolute Gasteiger partial charge is 0.242 e. The first kappa shape index (κ1) is 19.4. The Bertz CT molecular complexity index is 819. The fourth-order valence-corrected chi connectivity index (χ4v) is 3.56. The van der Waals surface area contributed by atoms with Crippen molar-refractivity contribution in [3.63, 3.8) is 0 Å². The van der Waals surface area contributed by atoms with Crippen LogP contribution in [-0.2, 0) is 24.3 Å². The van der Waals surface area contributed by atoms with Crippen LogP contribution < -0.4 is 5.32 Å². The molecule has 1 heterocycles. The van der Waals surface area contributed by atoms with E-state index >= 15 is 0 Å². The van der Waals surface area contributed by atoms with E-state index in [-0.39, 0.29) is 12.5 Å². The van der Waals surface area contributed by atoms with Crippen LogP contribution in [0.5, 0.6) is 0 Å². The Morgan fingerprint density at radius 1 is 1.19 bits per heavy atom. The van der Waals surface area contributed by atoms with Crippen LogP contribution in [0, 0.1) is 0 Å². The van der Waals surface area contributed by atoms with Crippen molar-refractivity contribution in [3.05, 3.63) is 69.7 Å². The molecule has 1 N–H and O–H groups in total. The minimum Gasteiger partial charge on any atom is -0.347 e. The molecule has 27 heavy (non-hydrogen) atoms. The van der Waals surface area contributed by atoms with E-state index in [1.807, 2.05) is 35.0 Å². The highest BCUT2D eigenvalue weighted by Crippen LogP contribution is 2.18. The molecule has 2 aromatic carbocycles. The quantitative estimate of drug-likeness (QED) is 0.601. The second-order valence-corrected chi connectivity index (χ2v) is 7.63. The van der Waals surface area contributed by atoms with Gasteiger partial charge in [0.25, 0.3) is 0 Å². The summed E-state index contributed by atoms with van der Waals surface area (Å²) in [7, 11) is 3.71. The van der Waals surface area contributed by atoms with E-state index in [1.54, 1.807) is 7.05 Å². The third-order valence-corrected chi connectivity index (χ3v) is 5.32. The number of benzene rings is 2. The maximum absolute atomic E-state index is 12.6. The highest BCUT2D eigenvalue weighted by molar-refractivity contribution is 9.10. The SMILES string of the molecule is CN=C(NCC(=O)N1CCc2ccccc2C1)N(C)Cc1ccc(Br)cc1. The monoisotopic (exact) mass is 428 g/mol. The number of nitrogens with zero attached hydrogens (tertiary/aromatic N) is 3. The second-order valence-electron chi connectivity index (χ2n) is 6.72. The maximum Gasteiger partial charge on any atom is 0.242 e. The molecule has 1 aliphatic heterocycles. The van der Waals surface area contributed by atoms with E-state index in [0.717, 1.165) is 24.0 Å². The minimum atomic E-state index is 0.0997. The van der Waals surface area contributed by atoms with Gasteiger partial charge < -0.3 is 15.1 Å². The molecule has 2 aromatic rings. The first-order chi connectivity index (χ1) is 13.1. The van der Waals surface area contributed by atoms with E-state index < -0.39 is 0 Å². The van der Waals surface area contributed by atoms with E-state index in [1.165, 1.54) is 16.7 Å². The van der Waals surface area contributed by atoms with Crippen LogP contribution in [0.1, 0.15) is 16.7 Å². The molecule has 0 atom stereocenters. The average Bonchev–Trinajstić information content (AvgIpc) is 2.69. The van der Waals surface area contributed by atoms with Crippen LogP contribution in [0.2, 0.25) is 0 Å². The molecule has 0 spiro atoms. The van der Waals surface area contributed by atoms with Crippen LogP contribution >= 0.6 is 15.9 Å². The van der Waals surface area contributed by atoms with Gasteiger partial charge in [-0.05, 0) is 35.2 Å². The average molecular weight is 429 g/mol. The zero-order valence-electron chi connectivity index (χ0n) is 15.8. The highest BCUT2D eigenvalue weighted by atomic mass is 79.9. The zero-order valence-corrected chi connectivity index (χ0v) is 17.4. The number of aliphatic imine (C=N–C) groups is 1. The Morgan fingerprint density at radius 3 is 2.59 bits per heavy atom. The van der Waals surface area contributed by atoms with Crippen molar-refractivity contribution in [3.8, 4) is 0 Å². The Morgan fingerprint density at radius 2 is 1.89 bits per heavy atom. The van der Waals surface area contributed by atoms with Crippen molar-refractivity contribution in [1.29, 1.82) is 0 Å². The maximum atomic E-state index is 12.6. The molecule has 0 saturated carbocycles. The number of carbonyl (C=O) groups excluding carboxylic acids is 1. The third-order valence-electron chi connectivity index (χ3n) is 4.79. The highest BCUT2D eigenvalue weighted by Gasteiger charge is 2.20. The van der Waals surface area contributed by atoms with Gasteiger partial charge in [0.15, 0.2) is 5.96 Å². The van der Waals surface area contributed by atoms with Gasteiger partial charge in [0.1, 0.15) is 0 Å². The molecule has 0 aromatic heterocycles. The fraction of sp³-hybridized carbons (Fsp3) is 0.333. The van der Waals surface area contributed by atoms with Crippen molar-refractivity contribution >= 4 is 27.8 Å². The topological polar surface area (TPSA) is 47.9 Å². The molecule has 0 fully saturated rings. The van der Waals surface area contributed by atoms with Gasteiger partial charge in [0.05, 0.1) is 6.54 Å². The third kappa shape index (κ3) is 5.10. The molecule has 0 radical (unpaired) electrons. The van der Waals surface area contributed by atoms with E-state index in [0.29, 0.717) is 12.5 Å². The fourth-order valence-electron chi connectivity index (χ4n) is 3.30. The summed E-state index contributed by atoms with van der Waals surface area (Å²) >= 11 is 3.45. The minimum absolute atomic E-state index is 0.0997. The van der Waals surface area contributed by atoms with Crippen LogP contribution in [-0.4, -0.2) is 48.9 Å². The van der Waals surface area contributed by atoms with Crippen molar-refractivity contribution < 1.29 is 4.79 Å². The number of hydrogen-bond donors (Lipinski definition) is 1. The Hall–Kier alpha value is -2.34. The number of hydrogen-bond acceptors (Lipinski definition) is 2. The molecule has 1 aliphatic rings. The summed E-state index contributed by atoms with van der Waals surface area (Å²) in [6.07, 6.45) is 0.917. The number of amides is 1. The normalized spacial score (nSPS) is 13.9. The van der Waals surface area contributed by atoms with Gasteiger partial charge >= 0.3 is 0 Å². The molecule has 1 amide bonds. The number of halogens is 1. The standard InChI is InChI=1S/C21H25BrN4O/c1-23-21(25(2)14-16-7-9-19(22)10-8-16)24-13-20(27)26-12-11-17-5-3-4-6-18(17)15-26/h3-10H,11-15H2,1-2H3,(H,23,24). The summed E-state index contributed by atoms with van der Waals surface area (Å²) in [5.74, 6) is 0.811. The predicted octanol–water partition coefficient (Wildman–Crippen LogP) is 3.04. The van der Waals surface area contributed by atoms with Gasteiger partial charge in [-0.25, -0.2) is 0 Å². The first-order valence-electron chi connectivity index (χ1n) is 9.07. The molecule has 3 rings (SSSR count). The van der Waals surface area contributed by atoms with Crippen LogP contribution in [0.15, 0.2) is 58.0 Å².